The molecule has 0 spiro atoms. The highest BCUT2D eigenvalue weighted by Gasteiger charge is 2.38. The summed E-state index contributed by atoms with van der Waals surface area (Å²) in [5.74, 6) is -1.95. The van der Waals surface area contributed by atoms with Gasteiger partial charge < -0.3 is 5.32 Å². The Labute approximate surface area is 101 Å². The third-order valence-corrected chi connectivity index (χ3v) is 2.36. The van der Waals surface area contributed by atoms with Crippen molar-refractivity contribution in [2.75, 3.05) is 0 Å². The molecule has 0 aliphatic rings. The van der Waals surface area contributed by atoms with E-state index in [4.69, 9.17) is 0 Å². The minimum Gasteiger partial charge on any atom is -0.344 e. The predicted molar refractivity (Wildman–Crippen MR) is 59.6 cm³/mol. The number of hydrogen-bond acceptors (Lipinski definition) is 2. The van der Waals surface area contributed by atoms with E-state index in [9.17, 15) is 18.0 Å². The standard InChI is InChI=1S/C12H9F3N2O/c13-12(14,15)11(18)17-7-8-5-9-3-1-2-4-10(9)16-6-8/h1-6H,7H2,(H,17,18). The highest BCUT2D eigenvalue weighted by molar-refractivity contribution is 5.82. The van der Waals surface area contributed by atoms with Gasteiger partial charge in [-0.3, -0.25) is 9.78 Å². The molecule has 0 unspecified atom stereocenters. The molecule has 0 bridgehead atoms. The maximum Gasteiger partial charge on any atom is 0.471 e. The van der Waals surface area contributed by atoms with Gasteiger partial charge in [-0.05, 0) is 17.7 Å². The van der Waals surface area contributed by atoms with Gasteiger partial charge in [0.2, 0.25) is 0 Å². The molecule has 1 N–H and O–H groups in total. The lowest BCUT2D eigenvalue weighted by Crippen LogP contribution is -2.36. The summed E-state index contributed by atoms with van der Waals surface area (Å²) in [7, 11) is 0. The molecule has 1 amide bonds. The molecule has 0 atom stereocenters. The van der Waals surface area contributed by atoms with Gasteiger partial charge in [0.25, 0.3) is 0 Å². The zero-order chi connectivity index (χ0) is 13.2. The first-order chi connectivity index (χ1) is 8.47. The fraction of sp³-hybridized carbons (Fsp3) is 0.167. The molecule has 0 radical (unpaired) electrons. The minimum atomic E-state index is -4.86. The fourth-order valence-electron chi connectivity index (χ4n) is 1.50. The Morgan fingerprint density at radius 1 is 1.28 bits per heavy atom. The van der Waals surface area contributed by atoms with E-state index < -0.39 is 12.1 Å². The van der Waals surface area contributed by atoms with Gasteiger partial charge in [-0.25, -0.2) is 0 Å². The van der Waals surface area contributed by atoms with Gasteiger partial charge in [0, 0.05) is 18.1 Å². The third kappa shape index (κ3) is 2.77. The van der Waals surface area contributed by atoms with Crippen LogP contribution in [0.3, 0.4) is 0 Å². The van der Waals surface area contributed by atoms with Crippen molar-refractivity contribution in [2.24, 2.45) is 0 Å². The van der Waals surface area contributed by atoms with Crippen LogP contribution in [0.1, 0.15) is 5.56 Å². The first-order valence-electron chi connectivity index (χ1n) is 5.15. The molecule has 2 aromatic rings. The zero-order valence-electron chi connectivity index (χ0n) is 9.16. The number of rotatable bonds is 2. The molecule has 1 aromatic heterocycles. The highest BCUT2D eigenvalue weighted by atomic mass is 19.4. The van der Waals surface area contributed by atoms with E-state index >= 15 is 0 Å². The van der Waals surface area contributed by atoms with Crippen LogP contribution in [-0.4, -0.2) is 17.1 Å². The molecule has 0 aliphatic carbocycles. The van der Waals surface area contributed by atoms with Gasteiger partial charge in [-0.2, -0.15) is 13.2 Å². The second-order valence-electron chi connectivity index (χ2n) is 3.72. The lowest BCUT2D eigenvalue weighted by Gasteiger charge is -2.08. The molecular formula is C12H9F3N2O. The molecule has 1 aromatic carbocycles. The molecule has 1 heterocycles. The van der Waals surface area contributed by atoms with Crippen LogP contribution in [0.15, 0.2) is 36.5 Å². The van der Waals surface area contributed by atoms with Gasteiger partial charge in [-0.1, -0.05) is 18.2 Å². The van der Waals surface area contributed by atoms with Gasteiger partial charge in [0.1, 0.15) is 0 Å². The van der Waals surface area contributed by atoms with Crippen LogP contribution in [0.5, 0.6) is 0 Å². The molecule has 3 nitrogen and oxygen atoms in total. The number of amides is 1. The maximum absolute atomic E-state index is 12.0. The first kappa shape index (κ1) is 12.3. The van der Waals surface area contributed by atoms with Crippen molar-refractivity contribution < 1.29 is 18.0 Å². The molecule has 0 aliphatic heterocycles. The average Bonchev–Trinajstić information content (AvgIpc) is 2.34. The Morgan fingerprint density at radius 2 is 2.00 bits per heavy atom. The largest absolute Gasteiger partial charge is 0.471 e. The van der Waals surface area contributed by atoms with Gasteiger partial charge in [0.05, 0.1) is 5.52 Å². The molecule has 18 heavy (non-hydrogen) atoms. The fourth-order valence-corrected chi connectivity index (χ4v) is 1.50. The number of aromatic nitrogens is 1. The average molecular weight is 254 g/mol. The Morgan fingerprint density at radius 3 is 2.72 bits per heavy atom. The zero-order valence-corrected chi connectivity index (χ0v) is 9.16. The number of para-hydroxylation sites is 1. The quantitative estimate of drug-likeness (QED) is 0.894. The minimum absolute atomic E-state index is 0.198. The lowest BCUT2D eigenvalue weighted by molar-refractivity contribution is -0.173. The monoisotopic (exact) mass is 254 g/mol. The Bertz CT molecular complexity index is 581. The Kier molecular flexibility index (Phi) is 3.18. The van der Waals surface area contributed by atoms with E-state index in [1.165, 1.54) is 6.20 Å². The van der Waals surface area contributed by atoms with Gasteiger partial charge >= 0.3 is 12.1 Å². The van der Waals surface area contributed by atoms with E-state index in [2.05, 4.69) is 4.98 Å². The Balaban J connectivity index is 2.11. The first-order valence-corrected chi connectivity index (χ1v) is 5.15. The summed E-state index contributed by atoms with van der Waals surface area (Å²) in [5.41, 5.74) is 1.27. The number of nitrogens with one attached hydrogen (secondary N) is 1. The number of hydrogen-bond donors (Lipinski definition) is 1. The smallest absolute Gasteiger partial charge is 0.344 e. The molecule has 0 saturated carbocycles. The van der Waals surface area contributed by atoms with Crippen molar-refractivity contribution in [1.29, 1.82) is 0 Å². The molecule has 0 saturated heterocycles. The van der Waals surface area contributed by atoms with E-state index in [0.717, 1.165) is 10.9 Å². The summed E-state index contributed by atoms with van der Waals surface area (Å²) in [6, 6.07) is 8.92. The topological polar surface area (TPSA) is 42.0 Å². The molecule has 94 valence electrons. The summed E-state index contributed by atoms with van der Waals surface area (Å²) < 4.78 is 35.9. The van der Waals surface area contributed by atoms with E-state index in [1.807, 2.05) is 12.1 Å². The van der Waals surface area contributed by atoms with E-state index in [1.54, 1.807) is 23.5 Å². The van der Waals surface area contributed by atoms with E-state index in [0.29, 0.717) is 5.56 Å². The number of fused-ring (bicyclic) bond motifs is 1. The van der Waals surface area contributed by atoms with Crippen LogP contribution in [0.4, 0.5) is 13.2 Å². The number of carbonyl (C=O) groups is 1. The van der Waals surface area contributed by atoms with Crippen molar-refractivity contribution in [3.05, 3.63) is 42.1 Å². The highest BCUT2D eigenvalue weighted by Crippen LogP contribution is 2.15. The third-order valence-electron chi connectivity index (χ3n) is 2.36. The van der Waals surface area contributed by atoms with Crippen LogP contribution >= 0.6 is 0 Å². The predicted octanol–water partition coefficient (Wildman–Crippen LogP) is 2.41. The van der Waals surface area contributed by atoms with E-state index in [-0.39, 0.29) is 6.54 Å². The lowest BCUT2D eigenvalue weighted by atomic mass is 10.1. The summed E-state index contributed by atoms with van der Waals surface area (Å²) in [6.07, 6.45) is -3.41. The number of pyridine rings is 1. The maximum atomic E-state index is 12.0. The number of nitrogens with zero attached hydrogens (tertiary/aromatic N) is 1. The van der Waals surface area contributed by atoms with Crippen LogP contribution < -0.4 is 5.32 Å². The summed E-state index contributed by atoms with van der Waals surface area (Å²) in [6.45, 7) is -0.198. The van der Waals surface area contributed by atoms with Crippen molar-refractivity contribution >= 4 is 16.8 Å². The van der Waals surface area contributed by atoms with Crippen molar-refractivity contribution in [2.45, 2.75) is 12.7 Å². The summed E-state index contributed by atoms with van der Waals surface area (Å²) in [5, 5.41) is 2.62. The summed E-state index contributed by atoms with van der Waals surface area (Å²) >= 11 is 0. The van der Waals surface area contributed by atoms with Crippen molar-refractivity contribution in [3.63, 3.8) is 0 Å². The molecular weight excluding hydrogens is 245 g/mol. The second-order valence-corrected chi connectivity index (χ2v) is 3.72. The normalized spacial score (nSPS) is 11.5. The van der Waals surface area contributed by atoms with Gasteiger partial charge in [0.15, 0.2) is 0 Å². The van der Waals surface area contributed by atoms with Crippen LogP contribution in [0.2, 0.25) is 0 Å². The number of alkyl halides is 3. The molecule has 2 rings (SSSR count). The van der Waals surface area contributed by atoms with Gasteiger partial charge in [-0.15, -0.1) is 0 Å². The van der Waals surface area contributed by atoms with Crippen LogP contribution in [-0.2, 0) is 11.3 Å². The van der Waals surface area contributed by atoms with Crippen molar-refractivity contribution in [3.8, 4) is 0 Å². The van der Waals surface area contributed by atoms with Crippen molar-refractivity contribution in [1.82, 2.24) is 10.3 Å². The molecule has 6 heteroatoms. The number of halogens is 3. The SMILES string of the molecule is O=C(NCc1cnc2ccccc2c1)C(F)(F)F. The Hall–Kier alpha value is -2.11. The van der Waals surface area contributed by atoms with Crippen LogP contribution in [0, 0.1) is 0 Å². The summed E-state index contributed by atoms with van der Waals surface area (Å²) in [4.78, 5) is 14.7. The molecule has 0 fully saturated rings. The second kappa shape index (κ2) is 4.64. The number of benzene rings is 1. The number of carbonyl (C=O) groups excluding carboxylic acids is 1. The van der Waals surface area contributed by atoms with Crippen LogP contribution in [0.25, 0.3) is 10.9 Å².